The second-order valence-electron chi connectivity index (χ2n) is 5.51. The van der Waals surface area contributed by atoms with Crippen LogP contribution in [0.2, 0.25) is 0 Å². The molecule has 2 amide bonds. The van der Waals surface area contributed by atoms with Crippen molar-refractivity contribution < 1.29 is 9.59 Å². The van der Waals surface area contributed by atoms with Gasteiger partial charge in [0.15, 0.2) is 0 Å². The summed E-state index contributed by atoms with van der Waals surface area (Å²) in [6.45, 7) is 5.06. The predicted molar refractivity (Wildman–Crippen MR) is 76.8 cm³/mol. The van der Waals surface area contributed by atoms with Crippen LogP contribution in [0.25, 0.3) is 0 Å². The largest absolute Gasteiger partial charge is 0.353 e. The lowest BCUT2D eigenvalue weighted by Gasteiger charge is -2.21. The summed E-state index contributed by atoms with van der Waals surface area (Å²) in [5.74, 6) is 0.165. The van der Waals surface area contributed by atoms with Crippen LogP contribution in [0.15, 0.2) is 0 Å². The summed E-state index contributed by atoms with van der Waals surface area (Å²) in [6, 6.07) is 0.373. The number of carbonyl (C=O) groups is 2. The molecule has 110 valence electrons. The van der Waals surface area contributed by atoms with Gasteiger partial charge < -0.3 is 10.2 Å². The molecule has 0 bridgehead atoms. The third-order valence-corrected chi connectivity index (χ3v) is 3.81. The fraction of sp³-hybridized carbons (Fsp3) is 0.867. The van der Waals surface area contributed by atoms with Crippen LogP contribution >= 0.6 is 0 Å². The SMILES string of the molecule is CCCCCN(CCC(=O)NC1CCCC1)C(C)=O. The van der Waals surface area contributed by atoms with Crippen LogP contribution in [-0.2, 0) is 9.59 Å². The monoisotopic (exact) mass is 268 g/mol. The highest BCUT2D eigenvalue weighted by atomic mass is 16.2. The van der Waals surface area contributed by atoms with E-state index < -0.39 is 0 Å². The molecule has 0 atom stereocenters. The van der Waals surface area contributed by atoms with Crippen molar-refractivity contribution in [1.29, 1.82) is 0 Å². The van der Waals surface area contributed by atoms with E-state index in [2.05, 4.69) is 12.2 Å². The van der Waals surface area contributed by atoms with Crippen LogP contribution in [0.1, 0.15) is 65.2 Å². The van der Waals surface area contributed by atoms with Gasteiger partial charge >= 0.3 is 0 Å². The van der Waals surface area contributed by atoms with Crippen molar-refractivity contribution in [3.63, 3.8) is 0 Å². The van der Waals surface area contributed by atoms with Crippen LogP contribution in [0.3, 0.4) is 0 Å². The van der Waals surface area contributed by atoms with Gasteiger partial charge in [-0.15, -0.1) is 0 Å². The molecule has 1 aliphatic rings. The van der Waals surface area contributed by atoms with E-state index in [4.69, 9.17) is 0 Å². The second-order valence-corrected chi connectivity index (χ2v) is 5.51. The molecule has 0 spiro atoms. The van der Waals surface area contributed by atoms with E-state index in [1.54, 1.807) is 11.8 Å². The van der Waals surface area contributed by atoms with Gasteiger partial charge in [0.25, 0.3) is 0 Å². The Labute approximate surface area is 116 Å². The van der Waals surface area contributed by atoms with Crippen LogP contribution < -0.4 is 5.32 Å². The predicted octanol–water partition coefficient (Wildman–Crippen LogP) is 2.47. The van der Waals surface area contributed by atoms with Crippen molar-refractivity contribution in [2.45, 2.75) is 71.3 Å². The lowest BCUT2D eigenvalue weighted by atomic mass is 10.2. The highest BCUT2D eigenvalue weighted by Gasteiger charge is 2.17. The van der Waals surface area contributed by atoms with Crippen molar-refractivity contribution in [3.8, 4) is 0 Å². The quantitative estimate of drug-likeness (QED) is 0.688. The van der Waals surface area contributed by atoms with E-state index >= 15 is 0 Å². The Bertz CT molecular complexity index is 286. The summed E-state index contributed by atoms with van der Waals surface area (Å²) >= 11 is 0. The minimum Gasteiger partial charge on any atom is -0.353 e. The van der Waals surface area contributed by atoms with Gasteiger partial charge in [-0.05, 0) is 19.3 Å². The first kappa shape index (κ1) is 16.0. The first-order valence-corrected chi connectivity index (χ1v) is 7.68. The van der Waals surface area contributed by atoms with Crippen LogP contribution in [0.5, 0.6) is 0 Å². The molecule has 0 aromatic heterocycles. The molecule has 19 heavy (non-hydrogen) atoms. The molecular formula is C15H28N2O2. The maximum absolute atomic E-state index is 11.8. The van der Waals surface area contributed by atoms with E-state index in [0.29, 0.717) is 19.0 Å². The number of hydrogen-bond donors (Lipinski definition) is 1. The van der Waals surface area contributed by atoms with E-state index in [9.17, 15) is 9.59 Å². The zero-order chi connectivity index (χ0) is 14.1. The van der Waals surface area contributed by atoms with E-state index in [1.165, 1.54) is 12.8 Å². The first-order chi connectivity index (χ1) is 9.13. The number of hydrogen-bond acceptors (Lipinski definition) is 2. The van der Waals surface area contributed by atoms with Crippen LogP contribution in [0.4, 0.5) is 0 Å². The molecule has 0 aromatic rings. The summed E-state index contributed by atoms with van der Waals surface area (Å²) in [6.07, 6.45) is 8.41. The van der Waals surface area contributed by atoms with Gasteiger partial charge in [-0.2, -0.15) is 0 Å². The number of nitrogens with zero attached hydrogens (tertiary/aromatic N) is 1. The average Bonchev–Trinajstić information content (AvgIpc) is 2.85. The van der Waals surface area contributed by atoms with Crippen molar-refractivity contribution in [1.82, 2.24) is 10.2 Å². The second kappa shape index (κ2) is 8.94. The van der Waals surface area contributed by atoms with Gasteiger partial charge in [-0.1, -0.05) is 32.6 Å². The van der Waals surface area contributed by atoms with E-state index in [0.717, 1.165) is 38.6 Å². The molecule has 1 saturated carbocycles. The molecule has 4 heteroatoms. The first-order valence-electron chi connectivity index (χ1n) is 7.68. The van der Waals surface area contributed by atoms with Crippen LogP contribution in [0, 0.1) is 0 Å². The molecule has 1 N–H and O–H groups in total. The summed E-state index contributed by atoms with van der Waals surface area (Å²) in [7, 11) is 0. The maximum atomic E-state index is 11.8. The van der Waals surface area contributed by atoms with Gasteiger partial charge in [0.2, 0.25) is 11.8 Å². The Balaban J connectivity index is 2.21. The summed E-state index contributed by atoms with van der Waals surface area (Å²) in [5, 5.41) is 3.06. The standard InChI is InChI=1S/C15H28N2O2/c1-3-4-7-11-17(13(2)18)12-10-15(19)16-14-8-5-6-9-14/h14H,3-12H2,1-2H3,(H,16,19). The number of nitrogens with one attached hydrogen (secondary N) is 1. The maximum Gasteiger partial charge on any atom is 0.221 e. The number of carbonyl (C=O) groups excluding carboxylic acids is 2. The highest BCUT2D eigenvalue weighted by molar-refractivity contribution is 5.78. The molecule has 0 saturated heterocycles. The van der Waals surface area contributed by atoms with Gasteiger partial charge in [0.05, 0.1) is 0 Å². The van der Waals surface area contributed by atoms with Crippen molar-refractivity contribution >= 4 is 11.8 Å². The van der Waals surface area contributed by atoms with Gasteiger partial charge in [-0.3, -0.25) is 9.59 Å². The normalized spacial score (nSPS) is 15.5. The van der Waals surface area contributed by atoms with Crippen molar-refractivity contribution in [3.05, 3.63) is 0 Å². The molecule has 1 aliphatic carbocycles. The van der Waals surface area contributed by atoms with Crippen molar-refractivity contribution in [2.24, 2.45) is 0 Å². The Hall–Kier alpha value is -1.06. The molecule has 0 radical (unpaired) electrons. The summed E-state index contributed by atoms with van der Waals surface area (Å²) < 4.78 is 0. The molecule has 0 heterocycles. The Kier molecular flexibility index (Phi) is 7.53. The van der Waals surface area contributed by atoms with Crippen LogP contribution in [-0.4, -0.2) is 35.8 Å². The third kappa shape index (κ3) is 6.60. The summed E-state index contributed by atoms with van der Waals surface area (Å²) in [4.78, 5) is 25.1. The lowest BCUT2D eigenvalue weighted by Crippen LogP contribution is -2.37. The molecular weight excluding hydrogens is 240 g/mol. The zero-order valence-electron chi connectivity index (χ0n) is 12.4. The number of rotatable bonds is 8. The zero-order valence-corrected chi connectivity index (χ0v) is 12.4. The lowest BCUT2D eigenvalue weighted by molar-refractivity contribution is -0.129. The average molecular weight is 268 g/mol. The third-order valence-electron chi connectivity index (χ3n) is 3.81. The molecule has 1 rings (SSSR count). The fourth-order valence-electron chi connectivity index (χ4n) is 2.59. The molecule has 0 aliphatic heterocycles. The minimum absolute atomic E-state index is 0.0739. The topological polar surface area (TPSA) is 49.4 Å². The van der Waals surface area contributed by atoms with Gasteiger partial charge in [-0.25, -0.2) is 0 Å². The smallest absolute Gasteiger partial charge is 0.221 e. The Morgan fingerprint density at radius 2 is 1.84 bits per heavy atom. The Morgan fingerprint density at radius 1 is 1.16 bits per heavy atom. The van der Waals surface area contributed by atoms with E-state index in [1.807, 2.05) is 0 Å². The minimum atomic E-state index is 0.0739. The van der Waals surface area contributed by atoms with Gasteiger partial charge in [0.1, 0.15) is 0 Å². The molecule has 4 nitrogen and oxygen atoms in total. The van der Waals surface area contributed by atoms with Gasteiger partial charge in [0, 0.05) is 32.5 Å². The fourth-order valence-corrected chi connectivity index (χ4v) is 2.59. The van der Waals surface area contributed by atoms with Crippen molar-refractivity contribution in [2.75, 3.05) is 13.1 Å². The number of amides is 2. The highest BCUT2D eigenvalue weighted by Crippen LogP contribution is 2.17. The molecule has 0 aromatic carbocycles. The number of unbranched alkanes of at least 4 members (excludes halogenated alkanes) is 2. The Morgan fingerprint density at radius 3 is 2.42 bits per heavy atom. The molecule has 0 unspecified atom stereocenters. The summed E-state index contributed by atoms with van der Waals surface area (Å²) in [5.41, 5.74) is 0. The van der Waals surface area contributed by atoms with E-state index in [-0.39, 0.29) is 11.8 Å². The molecule has 1 fully saturated rings.